The average Bonchev–Trinajstić information content (AvgIpc) is 2.26. The molecule has 1 rings (SSSR count). The lowest BCUT2D eigenvalue weighted by Crippen LogP contribution is -2.31. The van der Waals surface area contributed by atoms with Gasteiger partial charge in [-0.2, -0.15) is 0 Å². The number of aliphatic carboxylic acids is 1. The lowest BCUT2D eigenvalue weighted by Gasteiger charge is -2.17. The first-order valence-corrected chi connectivity index (χ1v) is 5.18. The zero-order valence-electron chi connectivity index (χ0n) is 8.89. The van der Waals surface area contributed by atoms with Gasteiger partial charge >= 0.3 is 5.97 Å². The highest BCUT2D eigenvalue weighted by molar-refractivity contribution is 5.73. The molecule has 3 heteroatoms. The summed E-state index contributed by atoms with van der Waals surface area (Å²) in [5, 5.41) is 8.75. The van der Waals surface area contributed by atoms with E-state index in [4.69, 9.17) is 10.8 Å². The SMILES string of the molecule is CCC(CC(N)C(=O)O)c1ccccc1. The van der Waals surface area contributed by atoms with Crippen LogP contribution in [0.2, 0.25) is 0 Å². The first-order chi connectivity index (χ1) is 7.15. The van der Waals surface area contributed by atoms with E-state index in [1.807, 2.05) is 37.3 Å². The van der Waals surface area contributed by atoms with E-state index >= 15 is 0 Å². The number of hydrogen-bond donors (Lipinski definition) is 2. The minimum absolute atomic E-state index is 0.234. The first kappa shape index (κ1) is 11.7. The van der Waals surface area contributed by atoms with E-state index in [2.05, 4.69) is 0 Å². The van der Waals surface area contributed by atoms with Crippen molar-refractivity contribution >= 4 is 5.97 Å². The number of hydrogen-bond acceptors (Lipinski definition) is 2. The Morgan fingerprint density at radius 1 is 1.40 bits per heavy atom. The van der Waals surface area contributed by atoms with Crippen molar-refractivity contribution in [1.29, 1.82) is 0 Å². The van der Waals surface area contributed by atoms with Crippen molar-refractivity contribution in [2.24, 2.45) is 5.73 Å². The summed E-state index contributed by atoms with van der Waals surface area (Å²) in [6.07, 6.45) is 1.40. The fourth-order valence-electron chi connectivity index (χ4n) is 1.67. The molecule has 2 atom stereocenters. The Kier molecular flexibility index (Phi) is 4.31. The molecule has 0 bridgehead atoms. The van der Waals surface area contributed by atoms with Gasteiger partial charge in [-0.05, 0) is 24.3 Å². The molecule has 1 aromatic rings. The van der Waals surface area contributed by atoms with Crippen LogP contribution in [0.4, 0.5) is 0 Å². The Morgan fingerprint density at radius 3 is 2.47 bits per heavy atom. The molecule has 0 amide bonds. The van der Waals surface area contributed by atoms with Crippen LogP contribution in [0.1, 0.15) is 31.2 Å². The van der Waals surface area contributed by atoms with Crippen LogP contribution < -0.4 is 5.73 Å². The number of carbonyl (C=O) groups is 1. The van der Waals surface area contributed by atoms with Gasteiger partial charge in [0.15, 0.2) is 0 Å². The zero-order chi connectivity index (χ0) is 11.3. The molecule has 0 spiro atoms. The van der Waals surface area contributed by atoms with Crippen LogP contribution in [0.15, 0.2) is 30.3 Å². The average molecular weight is 207 g/mol. The highest BCUT2D eigenvalue weighted by atomic mass is 16.4. The summed E-state index contributed by atoms with van der Waals surface area (Å²) in [5.41, 5.74) is 6.69. The van der Waals surface area contributed by atoms with Crippen LogP contribution >= 0.6 is 0 Å². The van der Waals surface area contributed by atoms with Gasteiger partial charge in [0.25, 0.3) is 0 Å². The fraction of sp³-hybridized carbons (Fsp3) is 0.417. The van der Waals surface area contributed by atoms with Gasteiger partial charge in [-0.25, -0.2) is 0 Å². The molecule has 0 saturated carbocycles. The predicted molar refractivity (Wildman–Crippen MR) is 59.7 cm³/mol. The monoisotopic (exact) mass is 207 g/mol. The zero-order valence-corrected chi connectivity index (χ0v) is 8.89. The molecule has 82 valence electrons. The van der Waals surface area contributed by atoms with E-state index in [1.165, 1.54) is 0 Å². The largest absolute Gasteiger partial charge is 0.480 e. The fourth-order valence-corrected chi connectivity index (χ4v) is 1.67. The third-order valence-corrected chi connectivity index (χ3v) is 2.62. The summed E-state index contributed by atoms with van der Waals surface area (Å²) in [6, 6.07) is 9.14. The third kappa shape index (κ3) is 3.36. The summed E-state index contributed by atoms with van der Waals surface area (Å²) in [6.45, 7) is 2.05. The van der Waals surface area contributed by atoms with Gasteiger partial charge in [0.1, 0.15) is 6.04 Å². The van der Waals surface area contributed by atoms with E-state index < -0.39 is 12.0 Å². The van der Waals surface area contributed by atoms with Crippen molar-refractivity contribution in [2.45, 2.75) is 31.7 Å². The Balaban J connectivity index is 2.69. The van der Waals surface area contributed by atoms with E-state index in [0.29, 0.717) is 6.42 Å². The number of carboxylic acids is 1. The highest BCUT2D eigenvalue weighted by Crippen LogP contribution is 2.23. The third-order valence-electron chi connectivity index (χ3n) is 2.62. The Hall–Kier alpha value is -1.35. The summed E-state index contributed by atoms with van der Waals surface area (Å²) < 4.78 is 0. The van der Waals surface area contributed by atoms with Gasteiger partial charge < -0.3 is 10.8 Å². The van der Waals surface area contributed by atoms with Gasteiger partial charge in [0, 0.05) is 0 Å². The summed E-state index contributed by atoms with van der Waals surface area (Å²) in [5.74, 6) is -0.693. The van der Waals surface area contributed by atoms with Crippen LogP contribution in [0, 0.1) is 0 Å². The molecule has 0 aliphatic carbocycles. The molecule has 2 unspecified atom stereocenters. The minimum atomic E-state index is -0.926. The quantitative estimate of drug-likeness (QED) is 0.776. The number of rotatable bonds is 5. The Morgan fingerprint density at radius 2 is 2.00 bits per heavy atom. The second-order valence-electron chi connectivity index (χ2n) is 3.70. The first-order valence-electron chi connectivity index (χ1n) is 5.18. The van der Waals surface area contributed by atoms with E-state index in [1.54, 1.807) is 0 Å². The lowest BCUT2D eigenvalue weighted by molar-refractivity contribution is -0.138. The molecule has 3 nitrogen and oxygen atoms in total. The molecule has 0 aromatic heterocycles. The summed E-state index contributed by atoms with van der Waals surface area (Å²) >= 11 is 0. The minimum Gasteiger partial charge on any atom is -0.480 e. The van der Waals surface area contributed by atoms with Crippen LogP contribution in [0.3, 0.4) is 0 Å². The molecule has 0 radical (unpaired) electrons. The molecule has 15 heavy (non-hydrogen) atoms. The van der Waals surface area contributed by atoms with Gasteiger partial charge in [-0.1, -0.05) is 37.3 Å². The standard InChI is InChI=1S/C12H17NO2/c1-2-9(8-11(13)12(14)15)10-6-4-3-5-7-10/h3-7,9,11H,2,8,13H2,1H3,(H,14,15). The van der Waals surface area contributed by atoms with Crippen LogP contribution in [-0.4, -0.2) is 17.1 Å². The molecule has 0 heterocycles. The van der Waals surface area contributed by atoms with E-state index in [9.17, 15) is 4.79 Å². The molecular weight excluding hydrogens is 190 g/mol. The smallest absolute Gasteiger partial charge is 0.320 e. The molecule has 0 saturated heterocycles. The molecule has 0 aliphatic rings. The summed E-state index contributed by atoms with van der Waals surface area (Å²) in [4.78, 5) is 10.7. The van der Waals surface area contributed by atoms with Crippen molar-refractivity contribution in [2.75, 3.05) is 0 Å². The van der Waals surface area contributed by atoms with Gasteiger partial charge in [-0.3, -0.25) is 4.79 Å². The van der Waals surface area contributed by atoms with Gasteiger partial charge in [0.2, 0.25) is 0 Å². The topological polar surface area (TPSA) is 63.3 Å². The molecular formula is C12H17NO2. The number of benzene rings is 1. The molecule has 1 aromatic carbocycles. The van der Waals surface area contributed by atoms with Crippen molar-refractivity contribution in [1.82, 2.24) is 0 Å². The molecule has 3 N–H and O–H groups in total. The van der Waals surface area contributed by atoms with Crippen molar-refractivity contribution in [3.05, 3.63) is 35.9 Å². The Bertz CT molecular complexity index is 311. The predicted octanol–water partition coefficient (Wildman–Crippen LogP) is 1.98. The van der Waals surface area contributed by atoms with Gasteiger partial charge in [0.05, 0.1) is 0 Å². The van der Waals surface area contributed by atoms with Crippen molar-refractivity contribution in [3.63, 3.8) is 0 Å². The van der Waals surface area contributed by atoms with E-state index in [-0.39, 0.29) is 5.92 Å². The summed E-state index contributed by atoms with van der Waals surface area (Å²) in [7, 11) is 0. The van der Waals surface area contributed by atoms with Gasteiger partial charge in [-0.15, -0.1) is 0 Å². The van der Waals surface area contributed by atoms with Crippen molar-refractivity contribution in [3.8, 4) is 0 Å². The second-order valence-corrected chi connectivity index (χ2v) is 3.70. The normalized spacial score (nSPS) is 14.5. The molecule has 0 aliphatic heterocycles. The maximum absolute atomic E-state index is 10.7. The van der Waals surface area contributed by atoms with Crippen LogP contribution in [0.5, 0.6) is 0 Å². The van der Waals surface area contributed by atoms with E-state index in [0.717, 1.165) is 12.0 Å². The molecule has 0 fully saturated rings. The Labute approximate surface area is 89.9 Å². The lowest BCUT2D eigenvalue weighted by atomic mass is 9.90. The maximum atomic E-state index is 10.7. The number of carboxylic acid groups (broad SMARTS) is 1. The van der Waals surface area contributed by atoms with Crippen LogP contribution in [-0.2, 0) is 4.79 Å². The van der Waals surface area contributed by atoms with Crippen LogP contribution in [0.25, 0.3) is 0 Å². The maximum Gasteiger partial charge on any atom is 0.320 e. The number of nitrogens with two attached hydrogens (primary N) is 1. The highest BCUT2D eigenvalue weighted by Gasteiger charge is 2.18. The second kappa shape index (κ2) is 5.51. The van der Waals surface area contributed by atoms with Crippen molar-refractivity contribution < 1.29 is 9.90 Å².